The van der Waals surface area contributed by atoms with Gasteiger partial charge in [-0.25, -0.2) is 9.59 Å². The molecule has 0 amide bonds. The predicted molar refractivity (Wildman–Crippen MR) is 120 cm³/mol. The Hall–Kier alpha value is -4.16. The van der Waals surface area contributed by atoms with Crippen LogP contribution in [0.25, 0.3) is 33.3 Å². The van der Waals surface area contributed by atoms with Crippen LogP contribution in [0.1, 0.15) is 10.4 Å². The van der Waals surface area contributed by atoms with Gasteiger partial charge < -0.3 is 13.6 Å². The number of carbonyl (C=O) groups excluding carboxylic acids is 1. The Labute approximate surface area is 185 Å². The number of para-hydroxylation sites is 1. The number of esters is 1. The van der Waals surface area contributed by atoms with Crippen LogP contribution in [0.3, 0.4) is 0 Å². The first-order valence-corrected chi connectivity index (χ1v) is 9.96. The molecule has 0 saturated heterocycles. The number of ether oxygens (including phenoxy) is 1. The molecule has 0 radical (unpaired) electrons. The maximum absolute atomic E-state index is 13.2. The van der Waals surface area contributed by atoms with Gasteiger partial charge in [0.15, 0.2) is 5.76 Å². The number of rotatable bonds is 3. The van der Waals surface area contributed by atoms with E-state index in [9.17, 15) is 14.4 Å². The molecule has 0 unspecified atom stereocenters. The average molecular weight is 445 g/mol. The summed E-state index contributed by atoms with van der Waals surface area (Å²) < 4.78 is 16.6. The highest BCUT2D eigenvalue weighted by Crippen LogP contribution is 2.32. The maximum Gasteiger partial charge on any atom is 0.351 e. The van der Waals surface area contributed by atoms with E-state index in [1.54, 1.807) is 66.7 Å². The molecule has 0 bridgehead atoms. The Bertz CT molecular complexity index is 1620. The minimum absolute atomic E-state index is 0.0592. The lowest BCUT2D eigenvalue weighted by molar-refractivity contribution is 0.0727. The fourth-order valence-electron chi connectivity index (χ4n) is 3.37. The van der Waals surface area contributed by atoms with Crippen molar-refractivity contribution in [1.29, 1.82) is 0 Å². The van der Waals surface area contributed by atoms with Gasteiger partial charge in [-0.2, -0.15) is 0 Å². The summed E-state index contributed by atoms with van der Waals surface area (Å²) in [4.78, 5) is 38.5. The number of carbonyl (C=O) groups is 1. The second-order valence-electron chi connectivity index (χ2n) is 6.97. The summed E-state index contributed by atoms with van der Waals surface area (Å²) in [6.07, 6.45) is 0. The van der Waals surface area contributed by atoms with E-state index >= 15 is 0 Å². The fourth-order valence-corrected chi connectivity index (χ4v) is 3.55. The Kier molecular flexibility index (Phi) is 4.84. The zero-order valence-corrected chi connectivity index (χ0v) is 17.1. The summed E-state index contributed by atoms with van der Waals surface area (Å²) >= 11 is 6.04. The summed E-state index contributed by atoms with van der Waals surface area (Å²) in [5.74, 6) is -1.32. The SMILES string of the molecule is O=C(Oc1c(-c2ccccc2)oc2ccc(Cl)cc2c1=O)c1cc2ccccc2oc1=O. The van der Waals surface area contributed by atoms with Crippen LogP contribution in [0.5, 0.6) is 5.75 Å². The van der Waals surface area contributed by atoms with Gasteiger partial charge in [-0.15, -0.1) is 0 Å². The molecule has 0 aliphatic heterocycles. The van der Waals surface area contributed by atoms with Crippen molar-refractivity contribution in [3.63, 3.8) is 0 Å². The Morgan fingerprint density at radius 2 is 1.56 bits per heavy atom. The molecule has 7 heteroatoms. The summed E-state index contributed by atoms with van der Waals surface area (Å²) in [6.45, 7) is 0. The first-order chi connectivity index (χ1) is 15.5. The van der Waals surface area contributed by atoms with E-state index < -0.39 is 17.0 Å². The minimum atomic E-state index is -1.03. The second kappa shape index (κ2) is 7.83. The number of fused-ring (bicyclic) bond motifs is 2. The van der Waals surface area contributed by atoms with Crippen LogP contribution in [0.4, 0.5) is 0 Å². The zero-order chi connectivity index (χ0) is 22.2. The van der Waals surface area contributed by atoms with E-state index in [1.165, 1.54) is 12.1 Å². The van der Waals surface area contributed by atoms with Gasteiger partial charge in [0.1, 0.15) is 16.7 Å². The molecule has 0 N–H and O–H groups in total. The van der Waals surface area contributed by atoms with Crippen LogP contribution in [0, 0.1) is 0 Å². The van der Waals surface area contributed by atoms with Gasteiger partial charge in [0.2, 0.25) is 11.2 Å². The van der Waals surface area contributed by atoms with Crippen molar-refractivity contribution in [1.82, 2.24) is 0 Å². The van der Waals surface area contributed by atoms with Crippen molar-refractivity contribution in [3.05, 3.63) is 110 Å². The predicted octanol–water partition coefficient (Wildman–Crippen LogP) is 5.44. The van der Waals surface area contributed by atoms with Crippen molar-refractivity contribution in [2.45, 2.75) is 0 Å². The lowest BCUT2D eigenvalue weighted by Crippen LogP contribution is -2.22. The van der Waals surface area contributed by atoms with Crippen LogP contribution in [-0.4, -0.2) is 5.97 Å². The van der Waals surface area contributed by atoms with E-state index in [4.69, 9.17) is 25.2 Å². The molecule has 2 heterocycles. The monoisotopic (exact) mass is 444 g/mol. The summed E-state index contributed by atoms with van der Waals surface area (Å²) in [5, 5.41) is 1.01. The van der Waals surface area contributed by atoms with Crippen LogP contribution >= 0.6 is 11.6 Å². The fraction of sp³-hybridized carbons (Fsp3) is 0. The Morgan fingerprint density at radius 3 is 2.38 bits per heavy atom. The van der Waals surface area contributed by atoms with Gasteiger partial charge in [-0.1, -0.05) is 60.1 Å². The molecule has 2 aromatic heterocycles. The molecular formula is C25H13ClO6. The molecule has 6 nitrogen and oxygen atoms in total. The summed E-state index contributed by atoms with van der Waals surface area (Å²) in [7, 11) is 0. The van der Waals surface area contributed by atoms with Gasteiger partial charge in [-0.3, -0.25) is 4.79 Å². The van der Waals surface area contributed by atoms with Gasteiger partial charge in [0, 0.05) is 16.0 Å². The number of halogens is 1. The molecule has 32 heavy (non-hydrogen) atoms. The molecule has 0 spiro atoms. The van der Waals surface area contributed by atoms with Crippen molar-refractivity contribution < 1.29 is 18.4 Å². The van der Waals surface area contributed by atoms with E-state index in [2.05, 4.69) is 0 Å². The largest absolute Gasteiger partial charge is 0.452 e. The van der Waals surface area contributed by atoms with Crippen LogP contribution in [0.15, 0.2) is 97.3 Å². The van der Waals surface area contributed by atoms with Gasteiger partial charge in [0.05, 0.1) is 5.39 Å². The first-order valence-electron chi connectivity index (χ1n) is 9.58. The summed E-state index contributed by atoms with van der Waals surface area (Å²) in [6, 6.07) is 21.4. The highest BCUT2D eigenvalue weighted by Gasteiger charge is 2.23. The third-order valence-electron chi connectivity index (χ3n) is 4.90. The van der Waals surface area contributed by atoms with Crippen LogP contribution in [0.2, 0.25) is 5.02 Å². The van der Waals surface area contributed by atoms with Crippen molar-refractivity contribution >= 4 is 39.5 Å². The molecule has 0 saturated carbocycles. The molecular weight excluding hydrogens is 432 g/mol. The Morgan fingerprint density at radius 1 is 0.812 bits per heavy atom. The Balaban J connectivity index is 1.69. The minimum Gasteiger partial charge on any atom is -0.452 e. The first kappa shape index (κ1) is 19.8. The van der Waals surface area contributed by atoms with Crippen molar-refractivity contribution in [3.8, 4) is 17.1 Å². The number of hydrogen-bond acceptors (Lipinski definition) is 6. The third-order valence-corrected chi connectivity index (χ3v) is 5.14. The molecule has 5 aromatic rings. The standard InChI is InChI=1S/C25H13ClO6/c26-16-10-11-20-17(13-16)21(27)23(22(30-20)14-6-2-1-3-7-14)32-25(29)18-12-15-8-4-5-9-19(15)31-24(18)28/h1-13H. The van der Waals surface area contributed by atoms with Crippen molar-refractivity contribution in [2.24, 2.45) is 0 Å². The van der Waals surface area contributed by atoms with Gasteiger partial charge in [-0.05, 0) is 30.3 Å². The number of benzene rings is 3. The van der Waals surface area contributed by atoms with Gasteiger partial charge in [0.25, 0.3) is 0 Å². The third kappa shape index (κ3) is 3.46. The second-order valence-corrected chi connectivity index (χ2v) is 7.41. The molecule has 5 rings (SSSR count). The highest BCUT2D eigenvalue weighted by atomic mass is 35.5. The maximum atomic E-state index is 13.2. The normalized spacial score (nSPS) is 11.0. The lowest BCUT2D eigenvalue weighted by Gasteiger charge is -2.10. The number of hydrogen-bond donors (Lipinski definition) is 0. The van der Waals surface area contributed by atoms with E-state index in [0.29, 0.717) is 21.6 Å². The summed E-state index contributed by atoms with van der Waals surface area (Å²) in [5.41, 5.74) is -0.667. The smallest absolute Gasteiger partial charge is 0.351 e. The quantitative estimate of drug-likeness (QED) is 0.272. The highest BCUT2D eigenvalue weighted by molar-refractivity contribution is 6.31. The molecule has 156 valence electrons. The van der Waals surface area contributed by atoms with Crippen LogP contribution in [-0.2, 0) is 0 Å². The molecule has 0 aliphatic carbocycles. The van der Waals surface area contributed by atoms with E-state index in [0.717, 1.165) is 0 Å². The van der Waals surface area contributed by atoms with Gasteiger partial charge >= 0.3 is 11.6 Å². The van der Waals surface area contributed by atoms with Crippen molar-refractivity contribution in [2.75, 3.05) is 0 Å². The van der Waals surface area contributed by atoms with E-state index in [-0.39, 0.29) is 28.0 Å². The molecule has 0 atom stereocenters. The molecule has 3 aromatic carbocycles. The van der Waals surface area contributed by atoms with E-state index in [1.807, 2.05) is 0 Å². The van der Waals surface area contributed by atoms with Crippen LogP contribution < -0.4 is 15.8 Å². The topological polar surface area (TPSA) is 86.7 Å². The molecule has 0 fully saturated rings. The lowest BCUT2D eigenvalue weighted by atomic mass is 10.1. The zero-order valence-electron chi connectivity index (χ0n) is 16.3. The molecule has 0 aliphatic rings. The average Bonchev–Trinajstić information content (AvgIpc) is 2.81.